The van der Waals surface area contributed by atoms with Crippen LogP contribution in [-0.4, -0.2) is 49.8 Å². The standard InChI is InChI=1S/C21H32NO3/c1-3-15-24-19-11-9-17(10-12-19)21(23)25-16-18-7-6-14-22(2)13-5-4-8-20(18)22/h9-12,18,20H,3-8,13-16H2,1-2H3/q+1. The van der Waals surface area contributed by atoms with Gasteiger partial charge < -0.3 is 14.0 Å². The largest absolute Gasteiger partial charge is 0.494 e. The highest BCUT2D eigenvalue weighted by Gasteiger charge is 2.43. The molecule has 4 heteroatoms. The minimum absolute atomic E-state index is 0.211. The molecule has 0 bridgehead atoms. The predicted octanol–water partition coefficient (Wildman–Crippen LogP) is 4.04. The van der Waals surface area contributed by atoms with Crippen molar-refractivity contribution in [3.63, 3.8) is 0 Å². The molecule has 25 heavy (non-hydrogen) atoms. The summed E-state index contributed by atoms with van der Waals surface area (Å²) in [5, 5.41) is 0. The van der Waals surface area contributed by atoms with Crippen LogP contribution in [-0.2, 0) is 4.74 Å². The lowest BCUT2D eigenvalue weighted by molar-refractivity contribution is -0.947. The maximum absolute atomic E-state index is 12.4. The van der Waals surface area contributed by atoms with Gasteiger partial charge in [-0.05, 0) is 56.4 Å². The molecule has 3 atom stereocenters. The second-order valence-electron chi connectivity index (χ2n) is 7.86. The maximum atomic E-state index is 12.4. The molecule has 0 N–H and O–H groups in total. The van der Waals surface area contributed by atoms with Crippen molar-refractivity contribution in [3.8, 4) is 5.75 Å². The fraction of sp³-hybridized carbons (Fsp3) is 0.667. The van der Waals surface area contributed by atoms with E-state index < -0.39 is 0 Å². The molecule has 2 heterocycles. The van der Waals surface area contributed by atoms with Crippen molar-refractivity contribution in [2.45, 2.75) is 51.5 Å². The Kier molecular flexibility index (Phi) is 6.00. The van der Waals surface area contributed by atoms with Crippen molar-refractivity contribution in [3.05, 3.63) is 29.8 Å². The quantitative estimate of drug-likeness (QED) is 0.576. The molecule has 2 aliphatic rings. The van der Waals surface area contributed by atoms with E-state index in [1.54, 1.807) is 12.1 Å². The lowest BCUT2D eigenvalue weighted by Crippen LogP contribution is -2.61. The summed E-state index contributed by atoms with van der Waals surface area (Å²) in [7, 11) is 2.40. The molecule has 0 amide bonds. The maximum Gasteiger partial charge on any atom is 0.338 e. The normalized spacial score (nSPS) is 28.9. The highest BCUT2D eigenvalue weighted by atomic mass is 16.5. The number of rotatable bonds is 6. The number of piperidine rings is 2. The number of carbonyl (C=O) groups is 1. The number of benzene rings is 1. The Morgan fingerprint density at radius 3 is 2.64 bits per heavy atom. The number of hydrogen-bond donors (Lipinski definition) is 0. The lowest BCUT2D eigenvalue weighted by Gasteiger charge is -2.51. The van der Waals surface area contributed by atoms with Crippen molar-refractivity contribution in [1.82, 2.24) is 0 Å². The Labute approximate surface area is 151 Å². The smallest absolute Gasteiger partial charge is 0.338 e. The van der Waals surface area contributed by atoms with Gasteiger partial charge in [-0.2, -0.15) is 0 Å². The third-order valence-electron chi connectivity index (χ3n) is 6.00. The molecule has 1 aromatic carbocycles. The monoisotopic (exact) mass is 346 g/mol. The molecule has 0 aliphatic carbocycles. The predicted molar refractivity (Wildman–Crippen MR) is 98.8 cm³/mol. The molecule has 2 aliphatic heterocycles. The zero-order valence-electron chi connectivity index (χ0n) is 15.7. The van der Waals surface area contributed by atoms with Gasteiger partial charge in [0.15, 0.2) is 0 Å². The van der Waals surface area contributed by atoms with Crippen LogP contribution in [0.5, 0.6) is 5.75 Å². The molecule has 2 saturated heterocycles. The molecule has 138 valence electrons. The highest BCUT2D eigenvalue weighted by molar-refractivity contribution is 5.89. The van der Waals surface area contributed by atoms with E-state index in [0.717, 1.165) is 12.2 Å². The molecule has 0 saturated carbocycles. The van der Waals surface area contributed by atoms with Crippen LogP contribution in [0, 0.1) is 5.92 Å². The van der Waals surface area contributed by atoms with Crippen molar-refractivity contribution < 1.29 is 18.8 Å². The van der Waals surface area contributed by atoms with Crippen LogP contribution in [0.4, 0.5) is 0 Å². The molecule has 1 aromatic rings. The Hall–Kier alpha value is -1.55. The molecule has 3 rings (SSSR count). The van der Waals surface area contributed by atoms with E-state index in [2.05, 4.69) is 14.0 Å². The zero-order valence-corrected chi connectivity index (χ0v) is 15.7. The number of quaternary nitrogens is 1. The van der Waals surface area contributed by atoms with E-state index in [0.29, 0.717) is 30.7 Å². The highest BCUT2D eigenvalue weighted by Crippen LogP contribution is 2.36. The van der Waals surface area contributed by atoms with Gasteiger partial charge >= 0.3 is 5.97 Å². The van der Waals surface area contributed by atoms with Crippen LogP contribution in [0.15, 0.2) is 24.3 Å². The van der Waals surface area contributed by atoms with Crippen LogP contribution in [0.2, 0.25) is 0 Å². The summed E-state index contributed by atoms with van der Waals surface area (Å²) in [6, 6.07) is 7.97. The van der Waals surface area contributed by atoms with E-state index in [1.807, 2.05) is 12.1 Å². The molecule has 2 fully saturated rings. The van der Waals surface area contributed by atoms with Crippen LogP contribution in [0.3, 0.4) is 0 Å². The van der Waals surface area contributed by atoms with Crippen LogP contribution < -0.4 is 4.74 Å². The summed E-state index contributed by atoms with van der Waals surface area (Å²) in [5.41, 5.74) is 0.612. The summed E-state index contributed by atoms with van der Waals surface area (Å²) in [6.07, 6.45) is 7.36. The van der Waals surface area contributed by atoms with Gasteiger partial charge in [-0.1, -0.05) is 6.92 Å². The second kappa shape index (κ2) is 8.22. The SMILES string of the molecule is CCCOc1ccc(C(=O)OCC2CCC[N+]3(C)CCCCC23)cc1. The van der Waals surface area contributed by atoms with E-state index in [1.165, 1.54) is 49.7 Å². The van der Waals surface area contributed by atoms with Gasteiger partial charge in [0.25, 0.3) is 0 Å². The fourth-order valence-corrected chi connectivity index (χ4v) is 4.60. The Balaban J connectivity index is 1.54. The topological polar surface area (TPSA) is 35.5 Å². The summed E-state index contributed by atoms with van der Waals surface area (Å²) in [5.74, 6) is 1.11. The number of hydrogen-bond acceptors (Lipinski definition) is 3. The van der Waals surface area contributed by atoms with Gasteiger partial charge in [-0.25, -0.2) is 4.79 Å². The van der Waals surface area contributed by atoms with Gasteiger partial charge in [0.1, 0.15) is 12.4 Å². The van der Waals surface area contributed by atoms with E-state index >= 15 is 0 Å². The Bertz CT molecular complexity index is 567. The van der Waals surface area contributed by atoms with Crippen molar-refractivity contribution in [2.75, 3.05) is 33.4 Å². The van der Waals surface area contributed by atoms with Gasteiger partial charge in [-0.15, -0.1) is 0 Å². The zero-order chi connectivity index (χ0) is 17.7. The van der Waals surface area contributed by atoms with Crippen molar-refractivity contribution in [1.29, 1.82) is 0 Å². The summed E-state index contributed by atoms with van der Waals surface area (Å²) < 4.78 is 12.4. The van der Waals surface area contributed by atoms with Gasteiger partial charge in [0.05, 0.1) is 38.3 Å². The van der Waals surface area contributed by atoms with Crippen molar-refractivity contribution in [2.24, 2.45) is 5.92 Å². The number of esters is 1. The number of ether oxygens (including phenoxy) is 2. The summed E-state index contributed by atoms with van der Waals surface area (Å²) in [6.45, 7) is 5.91. The Morgan fingerprint density at radius 1 is 1.12 bits per heavy atom. The van der Waals surface area contributed by atoms with E-state index in [9.17, 15) is 4.79 Å². The van der Waals surface area contributed by atoms with Crippen LogP contribution in [0.1, 0.15) is 55.8 Å². The lowest BCUT2D eigenvalue weighted by atomic mass is 9.82. The fourth-order valence-electron chi connectivity index (χ4n) is 4.60. The average molecular weight is 346 g/mol. The number of carbonyl (C=O) groups excluding carboxylic acids is 1. The summed E-state index contributed by atoms with van der Waals surface area (Å²) in [4.78, 5) is 12.4. The third-order valence-corrected chi connectivity index (χ3v) is 6.00. The van der Waals surface area contributed by atoms with Crippen LogP contribution in [0.25, 0.3) is 0 Å². The average Bonchev–Trinajstić information content (AvgIpc) is 2.64. The molecule has 0 radical (unpaired) electrons. The molecular weight excluding hydrogens is 314 g/mol. The first-order chi connectivity index (χ1) is 12.1. The summed E-state index contributed by atoms with van der Waals surface area (Å²) >= 11 is 0. The first-order valence-electron chi connectivity index (χ1n) is 9.86. The molecule has 4 nitrogen and oxygen atoms in total. The Morgan fingerprint density at radius 2 is 1.88 bits per heavy atom. The van der Waals surface area contributed by atoms with Crippen LogP contribution >= 0.6 is 0 Å². The molecule has 3 unspecified atom stereocenters. The van der Waals surface area contributed by atoms with E-state index in [4.69, 9.17) is 9.47 Å². The van der Waals surface area contributed by atoms with Gasteiger partial charge in [0.2, 0.25) is 0 Å². The number of nitrogens with zero attached hydrogens (tertiary/aromatic N) is 1. The second-order valence-corrected chi connectivity index (χ2v) is 7.86. The van der Waals surface area contributed by atoms with E-state index in [-0.39, 0.29) is 5.97 Å². The van der Waals surface area contributed by atoms with Crippen molar-refractivity contribution >= 4 is 5.97 Å². The third kappa shape index (κ3) is 4.35. The van der Waals surface area contributed by atoms with Gasteiger partial charge in [-0.3, -0.25) is 0 Å². The molecular formula is C21H32NO3+. The molecule has 0 spiro atoms. The minimum atomic E-state index is -0.211. The number of fused-ring (bicyclic) bond motifs is 1. The first-order valence-corrected chi connectivity index (χ1v) is 9.86. The van der Waals surface area contributed by atoms with Gasteiger partial charge in [0, 0.05) is 12.3 Å². The minimum Gasteiger partial charge on any atom is -0.494 e. The molecule has 0 aromatic heterocycles. The first kappa shape index (κ1) is 18.2.